The van der Waals surface area contributed by atoms with Crippen molar-refractivity contribution in [2.45, 2.75) is 0 Å². The van der Waals surface area contributed by atoms with Crippen LogP contribution in [0.5, 0.6) is 0 Å². The maximum absolute atomic E-state index is 11.9. The normalized spacial score (nSPS) is 14.5. The fourth-order valence-electron chi connectivity index (χ4n) is 1.88. The Morgan fingerprint density at radius 3 is 2.83 bits per heavy atom. The summed E-state index contributed by atoms with van der Waals surface area (Å²) in [5.41, 5.74) is 1.63. The molecule has 1 aromatic carbocycles. The highest BCUT2D eigenvalue weighted by Crippen LogP contribution is 2.34. The second-order valence-electron chi connectivity index (χ2n) is 4.02. The van der Waals surface area contributed by atoms with Crippen LogP contribution in [0.2, 0.25) is 0 Å². The van der Waals surface area contributed by atoms with Crippen LogP contribution in [0.3, 0.4) is 0 Å². The Morgan fingerprint density at radius 2 is 2.17 bits per heavy atom. The first-order valence-electron chi connectivity index (χ1n) is 5.41. The van der Waals surface area contributed by atoms with E-state index in [1.165, 1.54) is 7.11 Å². The van der Waals surface area contributed by atoms with E-state index in [1.807, 2.05) is 18.2 Å². The minimum atomic E-state index is -0.360. The molecule has 1 aliphatic rings. The lowest BCUT2D eigenvalue weighted by molar-refractivity contribution is -0.138. The summed E-state index contributed by atoms with van der Waals surface area (Å²) in [6.07, 6.45) is 0. The predicted molar refractivity (Wildman–Crippen MR) is 71.8 cm³/mol. The summed E-state index contributed by atoms with van der Waals surface area (Å²) in [4.78, 5) is 26.5. The summed E-state index contributed by atoms with van der Waals surface area (Å²) in [6, 6.07) is 5.62. The highest BCUT2D eigenvalue weighted by Gasteiger charge is 2.28. The Kier molecular flexibility index (Phi) is 3.56. The summed E-state index contributed by atoms with van der Waals surface area (Å²) >= 11 is 3.37. The molecule has 18 heavy (non-hydrogen) atoms. The molecule has 0 fully saturated rings. The smallest absolute Gasteiger partial charge is 0.325 e. The number of halogens is 1. The Morgan fingerprint density at radius 1 is 1.44 bits per heavy atom. The van der Waals surface area contributed by atoms with Gasteiger partial charge in [0.1, 0.15) is 6.54 Å². The fourth-order valence-corrected chi connectivity index (χ4v) is 2.23. The van der Waals surface area contributed by atoms with E-state index in [0.29, 0.717) is 0 Å². The number of fused-ring (bicyclic) bond motifs is 1. The zero-order valence-corrected chi connectivity index (χ0v) is 11.7. The van der Waals surface area contributed by atoms with E-state index in [2.05, 4.69) is 20.7 Å². The quantitative estimate of drug-likeness (QED) is 0.775. The van der Waals surface area contributed by atoms with Gasteiger partial charge in [0.15, 0.2) is 0 Å². The van der Waals surface area contributed by atoms with Crippen molar-refractivity contribution in [3.63, 3.8) is 0 Å². The Bertz CT molecular complexity index is 504. The highest BCUT2D eigenvalue weighted by atomic mass is 79.9. The summed E-state index contributed by atoms with van der Waals surface area (Å²) in [5, 5.41) is 0. The van der Waals surface area contributed by atoms with E-state index < -0.39 is 0 Å². The minimum Gasteiger partial charge on any atom is -0.468 e. The third-order valence-corrected chi connectivity index (χ3v) is 3.38. The number of anilines is 2. The van der Waals surface area contributed by atoms with Gasteiger partial charge in [-0.05, 0) is 18.2 Å². The molecule has 1 heterocycles. The molecule has 96 valence electrons. The van der Waals surface area contributed by atoms with Crippen molar-refractivity contribution in [3.8, 4) is 0 Å². The second-order valence-corrected chi connectivity index (χ2v) is 4.93. The number of amides is 1. The van der Waals surface area contributed by atoms with E-state index in [1.54, 1.807) is 16.8 Å². The number of rotatable bonds is 2. The molecule has 0 spiro atoms. The van der Waals surface area contributed by atoms with Crippen LogP contribution in [0.1, 0.15) is 0 Å². The van der Waals surface area contributed by atoms with Crippen molar-refractivity contribution in [2.75, 3.05) is 37.0 Å². The number of nitrogens with zero attached hydrogens (tertiary/aromatic N) is 2. The zero-order valence-electron chi connectivity index (χ0n) is 10.1. The summed E-state index contributed by atoms with van der Waals surface area (Å²) in [7, 11) is 3.06. The third kappa shape index (κ3) is 2.33. The molecular formula is C12H13BrN2O3. The first-order valence-corrected chi connectivity index (χ1v) is 6.20. The van der Waals surface area contributed by atoms with E-state index in [4.69, 9.17) is 0 Å². The Labute approximate surface area is 113 Å². The van der Waals surface area contributed by atoms with Crippen LogP contribution >= 0.6 is 15.9 Å². The average Bonchev–Trinajstić information content (AvgIpc) is 2.35. The number of carbonyl (C=O) groups excluding carboxylic acids is 2. The van der Waals surface area contributed by atoms with Gasteiger partial charge < -0.3 is 14.5 Å². The molecule has 1 aromatic rings. The molecule has 0 N–H and O–H groups in total. The van der Waals surface area contributed by atoms with Gasteiger partial charge in [0, 0.05) is 11.5 Å². The van der Waals surface area contributed by atoms with E-state index in [9.17, 15) is 9.59 Å². The monoisotopic (exact) mass is 312 g/mol. The molecule has 1 amide bonds. The maximum Gasteiger partial charge on any atom is 0.325 e. The van der Waals surface area contributed by atoms with E-state index in [0.717, 1.165) is 15.8 Å². The maximum atomic E-state index is 11.9. The molecule has 5 nitrogen and oxygen atoms in total. The van der Waals surface area contributed by atoms with E-state index >= 15 is 0 Å². The van der Waals surface area contributed by atoms with Crippen LogP contribution < -0.4 is 9.80 Å². The second kappa shape index (κ2) is 4.97. The standard InChI is InChI=1S/C12H13BrN2O3/c1-14-10-5-8(13)3-4-9(10)15(6-11(14)16)7-12(17)18-2/h3-5H,6-7H2,1-2H3. The van der Waals surface area contributed by atoms with Gasteiger partial charge in [0.05, 0.1) is 25.0 Å². The van der Waals surface area contributed by atoms with Crippen molar-refractivity contribution in [1.29, 1.82) is 0 Å². The van der Waals surface area contributed by atoms with Crippen molar-refractivity contribution in [1.82, 2.24) is 0 Å². The number of likely N-dealkylation sites (N-methyl/N-ethyl adjacent to an activating group) is 1. The van der Waals surface area contributed by atoms with Crippen LogP contribution in [0, 0.1) is 0 Å². The van der Waals surface area contributed by atoms with Gasteiger partial charge in [-0.3, -0.25) is 9.59 Å². The number of hydrogen-bond acceptors (Lipinski definition) is 4. The number of esters is 1. The highest BCUT2D eigenvalue weighted by molar-refractivity contribution is 9.10. The number of carbonyl (C=O) groups is 2. The fraction of sp³-hybridized carbons (Fsp3) is 0.333. The number of methoxy groups -OCH3 is 1. The van der Waals surface area contributed by atoms with Crippen LogP contribution in [0.15, 0.2) is 22.7 Å². The van der Waals surface area contributed by atoms with Gasteiger partial charge in [-0.1, -0.05) is 15.9 Å². The molecule has 0 radical (unpaired) electrons. The summed E-state index contributed by atoms with van der Waals surface area (Å²) in [6.45, 7) is 0.255. The van der Waals surface area contributed by atoms with Gasteiger partial charge in [-0.15, -0.1) is 0 Å². The Hall–Kier alpha value is -1.56. The van der Waals surface area contributed by atoms with Gasteiger partial charge in [0.25, 0.3) is 0 Å². The van der Waals surface area contributed by atoms with E-state index in [-0.39, 0.29) is 25.0 Å². The summed E-state index contributed by atoms with van der Waals surface area (Å²) < 4.78 is 5.53. The van der Waals surface area contributed by atoms with Crippen molar-refractivity contribution < 1.29 is 14.3 Å². The molecule has 6 heteroatoms. The molecule has 2 rings (SSSR count). The zero-order chi connectivity index (χ0) is 13.3. The SMILES string of the molecule is COC(=O)CN1CC(=O)N(C)c2cc(Br)ccc21. The predicted octanol–water partition coefficient (Wildman–Crippen LogP) is 1.40. The molecule has 1 aliphatic heterocycles. The van der Waals surface area contributed by atoms with Gasteiger partial charge >= 0.3 is 5.97 Å². The summed E-state index contributed by atoms with van der Waals surface area (Å²) in [5.74, 6) is -0.411. The first-order chi connectivity index (χ1) is 8.52. The molecule has 0 saturated carbocycles. The molecule has 0 bridgehead atoms. The lowest BCUT2D eigenvalue weighted by Gasteiger charge is -2.34. The van der Waals surface area contributed by atoms with Crippen molar-refractivity contribution in [2.24, 2.45) is 0 Å². The first kappa shape index (κ1) is 12.9. The van der Waals surface area contributed by atoms with Gasteiger partial charge in [-0.25, -0.2) is 0 Å². The molecule has 0 unspecified atom stereocenters. The third-order valence-electron chi connectivity index (χ3n) is 2.89. The number of benzene rings is 1. The molecule has 0 aliphatic carbocycles. The van der Waals surface area contributed by atoms with Gasteiger partial charge in [-0.2, -0.15) is 0 Å². The number of ether oxygens (including phenoxy) is 1. The van der Waals surface area contributed by atoms with Crippen molar-refractivity contribution >= 4 is 39.2 Å². The van der Waals surface area contributed by atoms with Crippen LogP contribution in [0.4, 0.5) is 11.4 Å². The van der Waals surface area contributed by atoms with Gasteiger partial charge in [0.2, 0.25) is 5.91 Å². The largest absolute Gasteiger partial charge is 0.468 e. The molecule has 0 saturated heterocycles. The number of hydrogen-bond donors (Lipinski definition) is 0. The molecule has 0 atom stereocenters. The van der Waals surface area contributed by atoms with Crippen molar-refractivity contribution in [3.05, 3.63) is 22.7 Å². The topological polar surface area (TPSA) is 49.9 Å². The van der Waals surface area contributed by atoms with Crippen LogP contribution in [-0.4, -0.2) is 39.1 Å². The van der Waals surface area contributed by atoms with Crippen LogP contribution in [0.25, 0.3) is 0 Å². The lowest BCUT2D eigenvalue weighted by atomic mass is 10.1. The van der Waals surface area contributed by atoms with Crippen LogP contribution in [-0.2, 0) is 14.3 Å². The molecule has 0 aromatic heterocycles. The average molecular weight is 313 g/mol. The molecular weight excluding hydrogens is 300 g/mol. The Balaban J connectivity index is 2.38. The lowest BCUT2D eigenvalue weighted by Crippen LogP contribution is -2.45. The minimum absolute atomic E-state index is 0.0514.